The van der Waals surface area contributed by atoms with E-state index in [1.165, 1.54) is 0 Å². The van der Waals surface area contributed by atoms with Crippen LogP contribution in [-0.4, -0.2) is 76.7 Å². The van der Waals surface area contributed by atoms with Gasteiger partial charge in [0.1, 0.15) is 5.75 Å². The molecule has 0 fully saturated rings. The number of methoxy groups -OCH3 is 4. The lowest BCUT2D eigenvalue weighted by atomic mass is 9.87. The molecule has 290 valence electrons. The number of fused-ring (bicyclic) bond motifs is 2. The lowest BCUT2D eigenvalue weighted by Gasteiger charge is -2.39. The molecule has 4 aromatic carbocycles. The molecule has 0 saturated carbocycles. The first kappa shape index (κ1) is 38.0. The van der Waals surface area contributed by atoms with E-state index >= 15 is 0 Å². The monoisotopic (exact) mass is 816 g/mol. The van der Waals surface area contributed by atoms with Crippen molar-refractivity contribution in [3.8, 4) is 46.0 Å². The standard InChI is InChI=1S/C42H45BrN2O10/c1-7-52-41(46)44-17-15-26-22-33(49-4)35-23-29(26)30(44)19-24-9-12-27(13-10-24)54-34-21-25(11-14-32(34)48-3)20-31-36-28(16-18-45(31)42(47)53-8-2)37(43)39(50-5)40(51-6)38(36)55-35/h9-14,21-23,30-31H,7-8,15-20H2,1-6H3/t30-,31-/m0/s1. The van der Waals surface area contributed by atoms with Gasteiger partial charge in [0.15, 0.2) is 34.5 Å². The third kappa shape index (κ3) is 7.17. The maximum absolute atomic E-state index is 13.8. The van der Waals surface area contributed by atoms with Crippen molar-refractivity contribution in [2.45, 2.75) is 51.6 Å². The molecule has 55 heavy (non-hydrogen) atoms. The molecule has 6 bridgehead atoms. The van der Waals surface area contributed by atoms with E-state index in [1.54, 1.807) is 52.1 Å². The van der Waals surface area contributed by atoms with Crippen LogP contribution in [0.4, 0.5) is 9.59 Å². The number of nitrogens with zero attached hydrogens (tertiary/aromatic N) is 2. The Balaban J connectivity index is 1.51. The van der Waals surface area contributed by atoms with Crippen LogP contribution in [0.3, 0.4) is 0 Å². The van der Waals surface area contributed by atoms with E-state index in [1.807, 2.05) is 54.6 Å². The van der Waals surface area contributed by atoms with E-state index < -0.39 is 12.1 Å². The molecule has 12 nitrogen and oxygen atoms in total. The van der Waals surface area contributed by atoms with E-state index in [0.29, 0.717) is 89.2 Å². The minimum atomic E-state index is -0.580. The topological polar surface area (TPSA) is 114 Å². The van der Waals surface area contributed by atoms with Gasteiger partial charge in [-0.1, -0.05) is 18.2 Å². The largest absolute Gasteiger partial charge is 0.493 e. The summed E-state index contributed by atoms with van der Waals surface area (Å²) in [6.45, 7) is 4.90. The van der Waals surface area contributed by atoms with Crippen LogP contribution < -0.4 is 28.4 Å². The molecule has 0 aliphatic carbocycles. The fraction of sp³-hybridized carbons (Fsp3) is 0.381. The Morgan fingerprint density at radius 3 is 1.98 bits per heavy atom. The van der Waals surface area contributed by atoms with Crippen LogP contribution in [0.15, 0.2) is 59.1 Å². The number of carbonyl (C=O) groups excluding carboxylic acids is 2. The summed E-state index contributed by atoms with van der Waals surface area (Å²) in [6.07, 6.45) is 1.09. The maximum atomic E-state index is 13.8. The average molecular weight is 818 g/mol. The number of hydrogen-bond donors (Lipinski definition) is 0. The van der Waals surface area contributed by atoms with Crippen LogP contribution in [0.5, 0.6) is 46.0 Å². The molecule has 8 rings (SSSR count). The van der Waals surface area contributed by atoms with E-state index in [-0.39, 0.29) is 25.3 Å². The van der Waals surface area contributed by atoms with Gasteiger partial charge in [-0.3, -0.25) is 0 Å². The van der Waals surface area contributed by atoms with Gasteiger partial charge in [0.25, 0.3) is 0 Å². The summed E-state index contributed by atoms with van der Waals surface area (Å²) in [5.74, 6) is 3.75. The molecule has 0 radical (unpaired) electrons. The molecule has 0 saturated heterocycles. The predicted molar refractivity (Wildman–Crippen MR) is 208 cm³/mol. The molecule has 0 N–H and O–H groups in total. The first-order valence-corrected chi connectivity index (χ1v) is 19.2. The lowest BCUT2D eigenvalue weighted by molar-refractivity contribution is 0.0848. The van der Waals surface area contributed by atoms with Crippen LogP contribution in [0, 0.1) is 0 Å². The number of ether oxygens (including phenoxy) is 8. The normalized spacial score (nSPS) is 17.1. The summed E-state index contributed by atoms with van der Waals surface area (Å²) in [6, 6.07) is 16.5. The van der Waals surface area contributed by atoms with Crippen molar-refractivity contribution in [2.24, 2.45) is 0 Å². The van der Waals surface area contributed by atoms with Crippen molar-refractivity contribution >= 4 is 28.1 Å². The van der Waals surface area contributed by atoms with Gasteiger partial charge in [-0.2, -0.15) is 0 Å². The van der Waals surface area contributed by atoms with Crippen LogP contribution in [0.25, 0.3) is 0 Å². The molecule has 2 atom stereocenters. The van der Waals surface area contributed by atoms with E-state index in [4.69, 9.17) is 37.9 Å². The minimum absolute atomic E-state index is 0.212. The van der Waals surface area contributed by atoms with E-state index in [9.17, 15) is 9.59 Å². The summed E-state index contributed by atoms with van der Waals surface area (Å²) in [5, 5.41) is 0. The van der Waals surface area contributed by atoms with Gasteiger partial charge in [0, 0.05) is 18.7 Å². The van der Waals surface area contributed by atoms with Gasteiger partial charge in [-0.25, -0.2) is 9.59 Å². The Hall–Kier alpha value is -5.30. The highest BCUT2D eigenvalue weighted by Gasteiger charge is 2.40. The van der Waals surface area contributed by atoms with Crippen LogP contribution in [0.2, 0.25) is 0 Å². The second-order valence-corrected chi connectivity index (χ2v) is 14.2. The summed E-state index contributed by atoms with van der Waals surface area (Å²) >= 11 is 3.83. The summed E-state index contributed by atoms with van der Waals surface area (Å²) in [7, 11) is 6.33. The van der Waals surface area contributed by atoms with Gasteiger partial charge in [-0.15, -0.1) is 0 Å². The molecular weight excluding hydrogens is 772 g/mol. The molecular formula is C42H45BrN2O10. The van der Waals surface area contributed by atoms with Crippen molar-refractivity contribution < 1.29 is 47.5 Å². The Labute approximate surface area is 329 Å². The van der Waals surface area contributed by atoms with Crippen molar-refractivity contribution in [3.63, 3.8) is 0 Å². The lowest BCUT2D eigenvalue weighted by Crippen LogP contribution is -2.42. The maximum Gasteiger partial charge on any atom is 0.410 e. The number of halogens is 1. The predicted octanol–water partition coefficient (Wildman–Crippen LogP) is 8.98. The molecule has 4 aliphatic heterocycles. The quantitative estimate of drug-likeness (QED) is 0.187. The molecule has 0 unspecified atom stereocenters. The van der Waals surface area contributed by atoms with Gasteiger partial charge >= 0.3 is 12.2 Å². The van der Waals surface area contributed by atoms with E-state index in [0.717, 1.165) is 33.4 Å². The number of benzene rings is 4. The smallest absolute Gasteiger partial charge is 0.410 e. The van der Waals surface area contributed by atoms with Crippen molar-refractivity contribution in [1.82, 2.24) is 9.80 Å². The third-order valence-electron chi connectivity index (χ3n) is 10.4. The highest BCUT2D eigenvalue weighted by Crippen LogP contribution is 2.55. The molecule has 0 spiro atoms. The van der Waals surface area contributed by atoms with Gasteiger partial charge < -0.3 is 47.7 Å². The number of hydrogen-bond acceptors (Lipinski definition) is 10. The second kappa shape index (κ2) is 16.2. The van der Waals surface area contributed by atoms with Gasteiger partial charge in [0.05, 0.1) is 58.2 Å². The first-order chi connectivity index (χ1) is 26.7. The van der Waals surface area contributed by atoms with Crippen molar-refractivity contribution in [2.75, 3.05) is 54.7 Å². The zero-order valence-corrected chi connectivity index (χ0v) is 33.4. The second-order valence-electron chi connectivity index (χ2n) is 13.4. The number of amides is 2. The van der Waals surface area contributed by atoms with Crippen molar-refractivity contribution in [1.29, 1.82) is 0 Å². The Morgan fingerprint density at radius 2 is 1.33 bits per heavy atom. The SMILES string of the molecule is CCOC(=O)N1CCc2cc(OC)c3cc2[C@@H]1Cc1ccc(cc1)Oc1cc(ccc1OC)C[C@H]1c2c(c(Br)c(OC)c(OC)c2O3)CCN1C(=O)OCC. The van der Waals surface area contributed by atoms with Gasteiger partial charge in [0.2, 0.25) is 5.75 Å². The fourth-order valence-electron chi connectivity index (χ4n) is 7.86. The van der Waals surface area contributed by atoms with Crippen molar-refractivity contribution in [3.05, 3.63) is 92.5 Å². The van der Waals surface area contributed by atoms with Crippen LogP contribution in [0.1, 0.15) is 59.3 Å². The highest BCUT2D eigenvalue weighted by molar-refractivity contribution is 9.10. The highest BCUT2D eigenvalue weighted by atomic mass is 79.9. The minimum Gasteiger partial charge on any atom is -0.493 e. The Bertz CT molecular complexity index is 2090. The van der Waals surface area contributed by atoms with Gasteiger partial charge in [-0.05, 0) is 120 Å². The molecule has 2 amide bonds. The number of carbonyl (C=O) groups is 2. The number of rotatable bonds is 6. The molecule has 4 aromatic rings. The Kier molecular flexibility index (Phi) is 11.2. The van der Waals surface area contributed by atoms with Crippen LogP contribution in [-0.2, 0) is 35.2 Å². The summed E-state index contributed by atoms with van der Waals surface area (Å²) in [5.41, 5.74) is 5.44. The molecule has 4 aliphatic rings. The first-order valence-electron chi connectivity index (χ1n) is 18.4. The summed E-state index contributed by atoms with van der Waals surface area (Å²) in [4.78, 5) is 30.8. The molecule has 4 heterocycles. The molecule has 13 heteroatoms. The Morgan fingerprint density at radius 1 is 0.709 bits per heavy atom. The summed E-state index contributed by atoms with van der Waals surface area (Å²) < 4.78 is 49.1. The zero-order valence-electron chi connectivity index (χ0n) is 31.9. The zero-order chi connectivity index (χ0) is 38.8. The average Bonchev–Trinajstić information content (AvgIpc) is 3.19. The fourth-order valence-corrected chi connectivity index (χ4v) is 8.62. The van der Waals surface area contributed by atoms with Crippen LogP contribution >= 0.6 is 15.9 Å². The molecule has 0 aromatic heterocycles. The van der Waals surface area contributed by atoms with E-state index in [2.05, 4.69) is 15.9 Å². The third-order valence-corrected chi connectivity index (χ3v) is 11.2.